The van der Waals surface area contributed by atoms with Crippen LogP contribution in [0.2, 0.25) is 0 Å². The highest BCUT2D eigenvalue weighted by Gasteiger charge is 2.62. The van der Waals surface area contributed by atoms with Gasteiger partial charge in [0.25, 0.3) is 0 Å². The standard InChI is InChI=1S/C54H42N2OS/c1-58(2)46-19-17-32(28-43(46)49-47(58)20-18-45-48(49)41-10-3-4-16-44(41)54(45)34-24-30-23-31(26-34)27-35(54)25-30)36-11-5-12-38-39-13-6-14-40(53(39)57-52(36)38)42-29-33-9-7-21-55-50(33)51-37(42)15-8-22-56-51/h3-22,28-31,34-35H,23-27H2,1-2H3. The summed E-state index contributed by atoms with van der Waals surface area (Å²) in [4.78, 5) is 12.6. The molecule has 0 N–H and O–H groups in total. The van der Waals surface area contributed by atoms with E-state index in [1.54, 1.807) is 21.6 Å². The Morgan fingerprint density at radius 1 is 0.517 bits per heavy atom. The third-order valence-electron chi connectivity index (χ3n) is 15.6. The minimum absolute atomic E-state index is 0.161. The molecule has 4 heteroatoms. The van der Waals surface area contributed by atoms with Crippen molar-refractivity contribution in [1.82, 2.24) is 9.97 Å². The van der Waals surface area contributed by atoms with Gasteiger partial charge >= 0.3 is 0 Å². The molecule has 4 heterocycles. The molecule has 280 valence electrons. The van der Waals surface area contributed by atoms with Crippen molar-refractivity contribution in [2.45, 2.75) is 47.3 Å². The molecule has 4 bridgehead atoms. The van der Waals surface area contributed by atoms with Crippen LogP contribution in [0.5, 0.6) is 0 Å². The zero-order valence-corrected chi connectivity index (χ0v) is 33.6. The van der Waals surface area contributed by atoms with E-state index >= 15 is 0 Å². The Morgan fingerprint density at radius 3 is 2.00 bits per heavy atom. The van der Waals surface area contributed by atoms with Gasteiger partial charge in [-0.25, -0.2) is 0 Å². The van der Waals surface area contributed by atoms with Crippen molar-refractivity contribution in [3.8, 4) is 44.5 Å². The molecule has 4 fully saturated rings. The van der Waals surface area contributed by atoms with E-state index in [9.17, 15) is 0 Å². The summed E-state index contributed by atoms with van der Waals surface area (Å²) < 4.78 is 7.13. The number of pyridine rings is 2. The summed E-state index contributed by atoms with van der Waals surface area (Å²) in [5.41, 5.74) is 17.7. The molecular weight excluding hydrogens is 725 g/mol. The van der Waals surface area contributed by atoms with Gasteiger partial charge in [0.1, 0.15) is 11.2 Å². The monoisotopic (exact) mass is 766 g/mol. The van der Waals surface area contributed by atoms with Crippen LogP contribution in [-0.2, 0) is 5.41 Å². The third-order valence-corrected chi connectivity index (χ3v) is 18.5. The lowest BCUT2D eigenvalue weighted by atomic mass is 9.43. The van der Waals surface area contributed by atoms with Crippen LogP contribution in [0.15, 0.2) is 148 Å². The Hall–Kier alpha value is -5.71. The van der Waals surface area contributed by atoms with E-state index in [0.29, 0.717) is 0 Å². The van der Waals surface area contributed by atoms with Gasteiger partial charge in [-0.15, -0.1) is 0 Å². The van der Waals surface area contributed by atoms with Crippen molar-refractivity contribution in [1.29, 1.82) is 0 Å². The molecule has 58 heavy (non-hydrogen) atoms. The number of nitrogens with zero attached hydrogens (tertiary/aromatic N) is 2. The van der Waals surface area contributed by atoms with Crippen LogP contribution in [0.3, 0.4) is 0 Å². The third kappa shape index (κ3) is 3.89. The number of aromatic nitrogens is 2. The van der Waals surface area contributed by atoms with Crippen LogP contribution in [0.4, 0.5) is 0 Å². The largest absolute Gasteiger partial charge is 0.455 e. The maximum absolute atomic E-state index is 7.13. The zero-order valence-electron chi connectivity index (χ0n) is 32.8. The molecule has 6 aliphatic rings. The predicted octanol–water partition coefficient (Wildman–Crippen LogP) is 14.2. The summed E-state index contributed by atoms with van der Waals surface area (Å²) >= 11 is 0. The van der Waals surface area contributed by atoms with E-state index in [-0.39, 0.29) is 5.41 Å². The summed E-state index contributed by atoms with van der Waals surface area (Å²) in [6.45, 7) is 0. The topological polar surface area (TPSA) is 38.9 Å². The van der Waals surface area contributed by atoms with Gasteiger partial charge in [-0.3, -0.25) is 9.97 Å². The summed E-state index contributed by atoms with van der Waals surface area (Å²) in [6.07, 6.45) is 15.9. The average molecular weight is 767 g/mol. The van der Waals surface area contributed by atoms with E-state index in [2.05, 4.69) is 122 Å². The molecule has 0 unspecified atom stereocenters. The first kappa shape index (κ1) is 32.3. The fourth-order valence-electron chi connectivity index (χ4n) is 13.6. The van der Waals surface area contributed by atoms with Gasteiger partial charge in [0.2, 0.25) is 0 Å². The SMILES string of the molecule is CS1(C)c2ccc(-c3cccc4c3oc3c(-c5cc6cccnc6c6ncccc56)cccc34)cc2-c2c1ccc1c2-c2ccccc2C12C1CC3CC(C1)CC2C3. The molecular formula is C54H42N2OS. The van der Waals surface area contributed by atoms with Crippen LogP contribution < -0.4 is 0 Å². The number of rotatable bonds is 2. The minimum atomic E-state index is -1.22. The van der Waals surface area contributed by atoms with Crippen molar-refractivity contribution in [2.24, 2.45) is 23.7 Å². The van der Waals surface area contributed by atoms with Crippen molar-refractivity contribution in [3.05, 3.63) is 145 Å². The molecule has 1 spiro atoms. The maximum atomic E-state index is 7.13. The van der Waals surface area contributed by atoms with E-state index < -0.39 is 10.0 Å². The van der Waals surface area contributed by atoms with E-state index in [1.807, 2.05) is 24.5 Å². The lowest BCUT2D eigenvalue weighted by molar-refractivity contribution is -0.0399. The second-order valence-corrected chi connectivity index (χ2v) is 22.0. The van der Waals surface area contributed by atoms with Gasteiger partial charge in [0.05, 0.1) is 11.0 Å². The summed E-state index contributed by atoms with van der Waals surface area (Å²) in [7, 11) is -1.22. The van der Waals surface area contributed by atoms with Gasteiger partial charge in [-0.1, -0.05) is 84.9 Å². The average Bonchev–Trinajstić information content (AvgIpc) is 3.86. The van der Waals surface area contributed by atoms with Crippen molar-refractivity contribution in [2.75, 3.05) is 12.5 Å². The minimum Gasteiger partial charge on any atom is -0.455 e. The first-order valence-electron chi connectivity index (χ1n) is 21.2. The first-order chi connectivity index (χ1) is 28.5. The van der Waals surface area contributed by atoms with Gasteiger partial charge in [0, 0.05) is 65.8 Å². The smallest absolute Gasteiger partial charge is 0.143 e. The molecule has 1 aliphatic heterocycles. The number of para-hydroxylation sites is 2. The molecule has 5 aliphatic carbocycles. The van der Waals surface area contributed by atoms with Crippen molar-refractivity contribution < 1.29 is 4.42 Å². The van der Waals surface area contributed by atoms with Gasteiger partial charge in [-0.05, 0) is 144 Å². The van der Waals surface area contributed by atoms with Crippen LogP contribution in [0.25, 0.3) is 88.3 Å². The number of fused-ring (bicyclic) bond motifs is 13. The molecule has 3 aromatic heterocycles. The van der Waals surface area contributed by atoms with Crippen molar-refractivity contribution >= 4 is 53.8 Å². The Kier molecular flexibility index (Phi) is 6.15. The predicted molar refractivity (Wildman–Crippen MR) is 240 cm³/mol. The van der Waals surface area contributed by atoms with E-state index in [1.165, 1.54) is 59.3 Å². The Bertz CT molecular complexity index is 3270. The van der Waals surface area contributed by atoms with Crippen LogP contribution >= 0.6 is 10.0 Å². The summed E-state index contributed by atoms with van der Waals surface area (Å²) in [6, 6.07) is 46.0. The maximum Gasteiger partial charge on any atom is 0.143 e. The van der Waals surface area contributed by atoms with Gasteiger partial charge < -0.3 is 4.42 Å². The molecule has 0 radical (unpaired) electrons. The first-order valence-corrected chi connectivity index (χ1v) is 23.7. The van der Waals surface area contributed by atoms with Gasteiger partial charge in [0.15, 0.2) is 0 Å². The fourth-order valence-corrected chi connectivity index (χ4v) is 16.1. The summed E-state index contributed by atoms with van der Waals surface area (Å²) in [5.74, 6) is 3.38. The quantitative estimate of drug-likeness (QED) is 0.165. The van der Waals surface area contributed by atoms with Gasteiger partial charge in [-0.2, -0.15) is 10.0 Å². The lowest BCUT2D eigenvalue weighted by Gasteiger charge is -2.61. The molecule has 15 rings (SSSR count). The normalized spacial score (nSPS) is 24.8. The highest BCUT2D eigenvalue weighted by molar-refractivity contribution is 8.33. The summed E-state index contributed by atoms with van der Waals surface area (Å²) in [5, 5.41) is 4.42. The zero-order chi connectivity index (χ0) is 38.1. The molecule has 0 amide bonds. The number of furan rings is 1. The molecule has 6 aromatic carbocycles. The van der Waals surface area contributed by atoms with Crippen molar-refractivity contribution in [3.63, 3.8) is 0 Å². The molecule has 4 saturated carbocycles. The Morgan fingerprint density at radius 2 is 1.19 bits per heavy atom. The van der Waals surface area contributed by atoms with Crippen LogP contribution in [-0.4, -0.2) is 22.5 Å². The molecule has 9 aromatic rings. The fraction of sp³-hybridized carbons (Fsp3) is 0.222. The Balaban J connectivity index is 0.979. The highest BCUT2D eigenvalue weighted by atomic mass is 32.3. The van der Waals surface area contributed by atoms with E-state index in [4.69, 9.17) is 14.4 Å². The molecule has 0 saturated heterocycles. The number of hydrogen-bond donors (Lipinski definition) is 0. The lowest BCUT2D eigenvalue weighted by Crippen LogP contribution is -2.55. The van der Waals surface area contributed by atoms with Crippen LogP contribution in [0, 0.1) is 23.7 Å². The van der Waals surface area contributed by atoms with E-state index in [0.717, 1.165) is 84.1 Å². The second-order valence-electron chi connectivity index (χ2n) is 18.5. The number of benzene rings is 6. The Labute approximate surface area is 339 Å². The second kappa shape index (κ2) is 11.1. The molecule has 0 atom stereocenters. The number of hydrogen-bond acceptors (Lipinski definition) is 3. The van der Waals surface area contributed by atoms with Crippen LogP contribution in [0.1, 0.15) is 43.2 Å². The highest BCUT2D eigenvalue weighted by Crippen LogP contribution is 2.74. The molecule has 3 nitrogen and oxygen atoms in total.